The highest BCUT2D eigenvalue weighted by atomic mass is 127. The molecule has 0 amide bonds. The lowest BCUT2D eigenvalue weighted by Gasteiger charge is -2.32. The van der Waals surface area contributed by atoms with Crippen molar-refractivity contribution in [1.82, 2.24) is 20.0 Å². The van der Waals surface area contributed by atoms with Crippen LogP contribution in [0.25, 0.3) is 16.5 Å². The van der Waals surface area contributed by atoms with Crippen LogP contribution in [0.4, 0.5) is 0 Å². The first-order valence-corrected chi connectivity index (χ1v) is 11.1. The molecule has 0 aliphatic carbocycles. The maximum Gasteiger partial charge on any atom is 0.264 e. The van der Waals surface area contributed by atoms with E-state index in [0.29, 0.717) is 10.4 Å². The lowest BCUT2D eigenvalue weighted by molar-refractivity contribution is 0.229. The van der Waals surface area contributed by atoms with Gasteiger partial charge in [-0.2, -0.15) is 0 Å². The Hall–Kier alpha value is -2.82. The Kier molecular flexibility index (Phi) is 4.99. The van der Waals surface area contributed by atoms with Crippen LogP contribution in [-0.2, 0) is 0 Å². The minimum atomic E-state index is -0.230. The Bertz CT molecular complexity index is 1350. The van der Waals surface area contributed by atoms with Crippen molar-refractivity contribution in [2.75, 3.05) is 0 Å². The molecule has 156 valence electrons. The smallest absolute Gasteiger partial charge is 0.264 e. The minimum Gasteiger partial charge on any atom is -0.290 e. The van der Waals surface area contributed by atoms with Gasteiger partial charge < -0.3 is 0 Å². The van der Waals surface area contributed by atoms with Crippen molar-refractivity contribution >= 4 is 51.3 Å². The highest BCUT2D eigenvalue weighted by Gasteiger charge is 2.34. The van der Waals surface area contributed by atoms with E-state index in [2.05, 4.69) is 33.0 Å². The number of benzene rings is 2. The second-order valence-corrected chi connectivity index (χ2v) is 8.74. The third kappa shape index (κ3) is 3.22. The van der Waals surface area contributed by atoms with E-state index in [-0.39, 0.29) is 11.6 Å². The number of pyridine rings is 1. The number of halogens is 2. The zero-order valence-electron chi connectivity index (χ0n) is 16.5. The monoisotopic (exact) mass is 544 g/mol. The fourth-order valence-electron chi connectivity index (χ4n) is 3.98. The number of hydrogen-bond donors (Lipinski definition) is 2. The van der Waals surface area contributed by atoms with Gasteiger partial charge in [-0.15, -0.1) is 0 Å². The zero-order chi connectivity index (χ0) is 21.7. The molecule has 7 nitrogen and oxygen atoms in total. The minimum absolute atomic E-state index is 0.158. The van der Waals surface area contributed by atoms with Crippen molar-refractivity contribution in [3.05, 3.63) is 97.0 Å². The molecule has 0 saturated heterocycles. The predicted molar refractivity (Wildman–Crippen MR) is 132 cm³/mol. The Morgan fingerprint density at radius 3 is 2.71 bits per heavy atom. The first-order valence-electron chi connectivity index (χ1n) is 9.60. The summed E-state index contributed by atoms with van der Waals surface area (Å²) in [4.78, 5) is 17.9. The standard InChI is InChI=1S/C22H18ClIN6O/c1-13(30-18-11-26-12-28(25)20(18)21(24)27-30)17-10-14-6-5-9-16(23)19(14)22(31)29(17)15-7-3-2-4-8-15/h2-13,27H,25H2,1H3. The summed E-state index contributed by atoms with van der Waals surface area (Å²) in [6.07, 6.45) is 3.32. The molecule has 1 unspecified atom stereocenters. The highest BCUT2D eigenvalue weighted by Crippen LogP contribution is 2.37. The SMILES string of the molecule is CC(c1cc2cccc(Cl)c2c(=O)n1-c1ccccc1)N1NC(I)=C2C1=CN=CN2N. The van der Waals surface area contributed by atoms with Gasteiger partial charge in [-0.25, -0.2) is 10.8 Å². The fourth-order valence-corrected chi connectivity index (χ4v) is 5.05. The summed E-state index contributed by atoms with van der Waals surface area (Å²) in [5.74, 6) is 6.09. The van der Waals surface area contributed by atoms with Crippen molar-refractivity contribution in [1.29, 1.82) is 0 Å². The summed E-state index contributed by atoms with van der Waals surface area (Å²) in [6, 6.07) is 16.9. The van der Waals surface area contributed by atoms with E-state index in [0.717, 1.165) is 31.9 Å². The van der Waals surface area contributed by atoms with Gasteiger partial charge >= 0.3 is 0 Å². The third-order valence-corrected chi connectivity index (χ3v) is 6.50. The number of hydrogen-bond acceptors (Lipinski definition) is 6. The summed E-state index contributed by atoms with van der Waals surface area (Å²) in [5, 5.41) is 5.19. The molecule has 0 radical (unpaired) electrons. The van der Waals surface area contributed by atoms with Crippen LogP contribution < -0.4 is 16.8 Å². The average molecular weight is 545 g/mol. The second kappa shape index (κ2) is 7.70. The lowest BCUT2D eigenvalue weighted by atomic mass is 10.1. The molecule has 0 fully saturated rings. The number of nitrogens with one attached hydrogen (secondary N) is 1. The van der Waals surface area contributed by atoms with Gasteiger partial charge in [0.15, 0.2) is 0 Å². The molecule has 3 N–H and O–H groups in total. The van der Waals surface area contributed by atoms with E-state index in [1.807, 2.05) is 60.5 Å². The quantitative estimate of drug-likeness (QED) is 0.294. The van der Waals surface area contributed by atoms with Gasteiger partial charge in [-0.05, 0) is 59.2 Å². The van der Waals surface area contributed by atoms with E-state index in [1.165, 1.54) is 5.01 Å². The molecule has 2 aliphatic heterocycles. The molecule has 2 aliphatic rings. The molecular formula is C22H18ClIN6O. The first-order chi connectivity index (χ1) is 15.0. The van der Waals surface area contributed by atoms with Crippen molar-refractivity contribution in [3.63, 3.8) is 0 Å². The molecule has 0 saturated carbocycles. The first kappa shape index (κ1) is 20.1. The van der Waals surface area contributed by atoms with Crippen molar-refractivity contribution < 1.29 is 0 Å². The van der Waals surface area contributed by atoms with Crippen LogP contribution in [0, 0.1) is 0 Å². The molecule has 0 spiro atoms. The number of para-hydroxylation sites is 1. The van der Waals surface area contributed by atoms with Crippen LogP contribution in [0.5, 0.6) is 0 Å². The van der Waals surface area contributed by atoms with Gasteiger partial charge in [0, 0.05) is 5.69 Å². The molecule has 3 aromatic rings. The van der Waals surface area contributed by atoms with E-state index in [1.54, 1.807) is 23.2 Å². The van der Waals surface area contributed by atoms with E-state index in [4.69, 9.17) is 17.4 Å². The maximum absolute atomic E-state index is 13.7. The van der Waals surface area contributed by atoms with Gasteiger partial charge in [-0.3, -0.25) is 24.8 Å². The molecule has 9 heteroatoms. The van der Waals surface area contributed by atoms with Crippen molar-refractivity contribution in [2.24, 2.45) is 10.8 Å². The number of nitrogens with two attached hydrogens (primary N) is 1. The third-order valence-electron chi connectivity index (χ3n) is 5.43. The van der Waals surface area contributed by atoms with Crippen molar-refractivity contribution in [3.8, 4) is 5.69 Å². The summed E-state index contributed by atoms with van der Waals surface area (Å²) >= 11 is 8.63. The Labute approximate surface area is 197 Å². The van der Waals surface area contributed by atoms with Gasteiger partial charge in [-0.1, -0.05) is 41.9 Å². The highest BCUT2D eigenvalue weighted by molar-refractivity contribution is 14.1. The Balaban J connectivity index is 1.73. The van der Waals surface area contributed by atoms with Crippen LogP contribution in [-0.4, -0.2) is 20.9 Å². The molecule has 1 atom stereocenters. The van der Waals surface area contributed by atoms with Crippen LogP contribution in [0.15, 0.2) is 85.7 Å². The largest absolute Gasteiger partial charge is 0.290 e. The normalized spacial score (nSPS) is 16.5. The predicted octanol–water partition coefficient (Wildman–Crippen LogP) is 4.19. The second-order valence-electron chi connectivity index (χ2n) is 7.26. The van der Waals surface area contributed by atoms with E-state index < -0.39 is 0 Å². The molecule has 0 bridgehead atoms. The van der Waals surface area contributed by atoms with Gasteiger partial charge in [0.05, 0.1) is 28.3 Å². The summed E-state index contributed by atoms with van der Waals surface area (Å²) in [6.45, 7) is 2.03. The molecule has 5 rings (SSSR count). The van der Waals surface area contributed by atoms with Gasteiger partial charge in [0.1, 0.15) is 21.4 Å². The van der Waals surface area contributed by atoms with Crippen LogP contribution in [0.3, 0.4) is 0 Å². The lowest BCUT2D eigenvalue weighted by Crippen LogP contribution is -2.38. The Morgan fingerprint density at radius 2 is 1.94 bits per heavy atom. The van der Waals surface area contributed by atoms with Crippen LogP contribution in [0.1, 0.15) is 18.7 Å². The van der Waals surface area contributed by atoms with Gasteiger partial charge in [0.25, 0.3) is 5.56 Å². The van der Waals surface area contributed by atoms with Crippen molar-refractivity contribution in [2.45, 2.75) is 13.0 Å². The summed E-state index contributed by atoms with van der Waals surface area (Å²) in [5.41, 5.74) is 6.46. The summed E-state index contributed by atoms with van der Waals surface area (Å²) < 4.78 is 2.60. The number of hydrazine groups is 2. The number of fused-ring (bicyclic) bond motifs is 2. The maximum atomic E-state index is 13.7. The molecule has 31 heavy (non-hydrogen) atoms. The fraction of sp³-hybridized carbons (Fsp3) is 0.0909. The van der Waals surface area contributed by atoms with E-state index in [9.17, 15) is 4.79 Å². The van der Waals surface area contributed by atoms with Gasteiger partial charge in [0.2, 0.25) is 0 Å². The molecule has 2 aromatic carbocycles. The number of nitrogens with zero attached hydrogens (tertiary/aromatic N) is 4. The molecule has 1 aromatic heterocycles. The zero-order valence-corrected chi connectivity index (χ0v) is 19.4. The molecular weight excluding hydrogens is 527 g/mol. The topological polar surface area (TPSA) is 78.9 Å². The number of aliphatic imine (C=N–C) groups is 1. The number of rotatable bonds is 3. The summed E-state index contributed by atoms with van der Waals surface area (Å²) in [7, 11) is 0. The average Bonchev–Trinajstić information content (AvgIpc) is 3.11. The van der Waals surface area contributed by atoms with Crippen LogP contribution >= 0.6 is 34.2 Å². The number of aromatic nitrogens is 1. The molecule has 3 heterocycles. The van der Waals surface area contributed by atoms with E-state index >= 15 is 0 Å². The Morgan fingerprint density at radius 1 is 1.16 bits per heavy atom. The van der Waals surface area contributed by atoms with Crippen LogP contribution in [0.2, 0.25) is 5.02 Å².